The number of ketones is 1. The molecule has 0 spiro atoms. The van der Waals surface area contributed by atoms with Crippen molar-refractivity contribution in [2.45, 2.75) is 6.92 Å². The highest BCUT2D eigenvalue weighted by Gasteiger charge is 2.18. The van der Waals surface area contributed by atoms with Crippen molar-refractivity contribution in [2.24, 2.45) is 0 Å². The van der Waals surface area contributed by atoms with Crippen LogP contribution in [0.25, 0.3) is 0 Å². The fourth-order valence-electron chi connectivity index (χ4n) is 1.03. The normalized spacial score (nSPS) is 9.86. The molecule has 5 nitrogen and oxygen atoms in total. The second-order valence-corrected chi connectivity index (χ2v) is 3.75. The molecule has 1 aromatic rings. The van der Waals surface area contributed by atoms with Gasteiger partial charge in [0.05, 0.1) is 10.6 Å². The third kappa shape index (κ3) is 1.84. The monoisotopic (exact) mass is 306 g/mol. The highest BCUT2D eigenvalue weighted by atomic mass is 127. The first-order valence-corrected chi connectivity index (χ1v) is 4.76. The fraction of sp³-hybridized carbons (Fsp3) is 0.125. The molecule has 0 amide bonds. The van der Waals surface area contributed by atoms with E-state index in [0.717, 1.165) is 0 Å². The lowest BCUT2D eigenvalue weighted by molar-refractivity contribution is -0.385. The van der Waals surface area contributed by atoms with Crippen LogP contribution in [-0.2, 0) is 0 Å². The predicted molar refractivity (Wildman–Crippen MR) is 60.2 cm³/mol. The van der Waals surface area contributed by atoms with Crippen LogP contribution in [0.15, 0.2) is 12.1 Å². The molecule has 74 valence electrons. The maximum absolute atomic E-state index is 11.0. The van der Waals surface area contributed by atoms with Crippen LogP contribution in [0.1, 0.15) is 17.3 Å². The molecule has 1 aromatic carbocycles. The lowest BCUT2D eigenvalue weighted by Crippen LogP contribution is -2.04. The van der Waals surface area contributed by atoms with Crippen molar-refractivity contribution in [3.05, 3.63) is 31.4 Å². The molecule has 14 heavy (non-hydrogen) atoms. The molecule has 0 aliphatic carbocycles. The van der Waals surface area contributed by atoms with E-state index in [2.05, 4.69) is 0 Å². The van der Waals surface area contributed by atoms with E-state index in [9.17, 15) is 14.9 Å². The molecule has 0 atom stereocenters. The molecule has 1 rings (SSSR count). The number of nitrogens with zero attached hydrogens (tertiary/aromatic N) is 1. The fourth-order valence-corrected chi connectivity index (χ4v) is 1.70. The van der Waals surface area contributed by atoms with Crippen molar-refractivity contribution < 1.29 is 9.72 Å². The van der Waals surface area contributed by atoms with Crippen molar-refractivity contribution in [1.82, 2.24) is 0 Å². The summed E-state index contributed by atoms with van der Waals surface area (Å²) in [5.41, 5.74) is 6.01. The van der Waals surface area contributed by atoms with Gasteiger partial charge in [0.25, 0.3) is 5.69 Å². The van der Waals surface area contributed by atoms with Crippen LogP contribution < -0.4 is 5.73 Å². The lowest BCUT2D eigenvalue weighted by Gasteiger charge is -2.04. The van der Waals surface area contributed by atoms with Gasteiger partial charge in [0.15, 0.2) is 5.78 Å². The van der Waals surface area contributed by atoms with Crippen LogP contribution in [0.4, 0.5) is 11.4 Å². The first-order chi connectivity index (χ1) is 6.45. The van der Waals surface area contributed by atoms with Crippen molar-refractivity contribution in [1.29, 1.82) is 0 Å². The first kappa shape index (κ1) is 10.9. The minimum atomic E-state index is -0.526. The average molecular weight is 306 g/mol. The van der Waals surface area contributed by atoms with Crippen molar-refractivity contribution in [3.8, 4) is 0 Å². The number of anilines is 1. The second kappa shape index (κ2) is 3.91. The predicted octanol–water partition coefficient (Wildman–Crippen LogP) is 1.98. The van der Waals surface area contributed by atoms with Gasteiger partial charge in [-0.25, -0.2) is 0 Å². The Bertz CT molecular complexity index is 378. The van der Waals surface area contributed by atoms with Gasteiger partial charge >= 0.3 is 0 Å². The van der Waals surface area contributed by atoms with Gasteiger partial charge in [0, 0.05) is 11.6 Å². The number of nitrogen functional groups attached to an aromatic ring is 1. The Morgan fingerprint density at radius 3 is 2.57 bits per heavy atom. The van der Waals surface area contributed by atoms with Gasteiger partial charge in [-0.1, -0.05) is 0 Å². The number of rotatable bonds is 2. The summed E-state index contributed by atoms with van der Waals surface area (Å²) in [7, 11) is 0. The molecule has 6 heteroatoms. The largest absolute Gasteiger partial charge is 0.397 e. The van der Waals surface area contributed by atoms with E-state index in [-0.39, 0.29) is 17.2 Å². The van der Waals surface area contributed by atoms with E-state index < -0.39 is 4.92 Å². The zero-order valence-corrected chi connectivity index (χ0v) is 9.44. The van der Waals surface area contributed by atoms with E-state index in [1.54, 1.807) is 22.6 Å². The third-order valence-corrected chi connectivity index (χ3v) is 2.87. The Kier molecular flexibility index (Phi) is 3.04. The summed E-state index contributed by atoms with van der Waals surface area (Å²) in [6.07, 6.45) is 0. The number of hydrogen-bond donors (Lipinski definition) is 1. The SMILES string of the molecule is CC(=O)c1ccc([N+](=O)[O-])c(I)c1N. The van der Waals surface area contributed by atoms with E-state index >= 15 is 0 Å². The summed E-state index contributed by atoms with van der Waals surface area (Å²) in [4.78, 5) is 21.0. The standard InChI is InChI=1S/C8H7IN2O3/c1-4(12)5-2-3-6(11(13)14)7(9)8(5)10/h2-3H,10H2,1H3. The molecule has 0 bridgehead atoms. The molecule has 0 aromatic heterocycles. The molecule has 0 unspecified atom stereocenters. The number of carbonyl (C=O) groups excluding carboxylic acids is 1. The molecule has 2 N–H and O–H groups in total. The van der Waals surface area contributed by atoms with Crippen LogP contribution in [0.5, 0.6) is 0 Å². The Morgan fingerprint density at radius 1 is 1.57 bits per heavy atom. The highest BCUT2D eigenvalue weighted by molar-refractivity contribution is 14.1. The smallest absolute Gasteiger partial charge is 0.284 e. The van der Waals surface area contributed by atoms with E-state index in [1.165, 1.54) is 19.1 Å². The molecular weight excluding hydrogens is 299 g/mol. The Labute approximate surface area is 93.6 Å². The summed E-state index contributed by atoms with van der Waals surface area (Å²) >= 11 is 1.76. The first-order valence-electron chi connectivity index (χ1n) is 3.68. The minimum Gasteiger partial charge on any atom is -0.397 e. The van der Waals surface area contributed by atoms with Crippen molar-refractivity contribution in [2.75, 3.05) is 5.73 Å². The lowest BCUT2D eigenvalue weighted by atomic mass is 10.1. The summed E-state index contributed by atoms with van der Waals surface area (Å²) < 4.78 is 0.306. The van der Waals surface area contributed by atoms with Gasteiger partial charge in [0.2, 0.25) is 0 Å². The number of halogens is 1. The number of nitro groups is 1. The molecule has 0 aliphatic heterocycles. The maximum atomic E-state index is 11.0. The zero-order chi connectivity index (χ0) is 10.9. The minimum absolute atomic E-state index is 0.0758. The van der Waals surface area contributed by atoms with Gasteiger partial charge < -0.3 is 5.73 Å². The van der Waals surface area contributed by atoms with Gasteiger partial charge in [-0.3, -0.25) is 14.9 Å². The van der Waals surface area contributed by atoms with Crippen LogP contribution in [0.2, 0.25) is 0 Å². The summed E-state index contributed by atoms with van der Waals surface area (Å²) in [5, 5.41) is 10.5. The van der Waals surface area contributed by atoms with E-state index in [0.29, 0.717) is 9.13 Å². The van der Waals surface area contributed by atoms with E-state index in [4.69, 9.17) is 5.73 Å². The van der Waals surface area contributed by atoms with Crippen LogP contribution >= 0.6 is 22.6 Å². The topological polar surface area (TPSA) is 86.2 Å². The molecule has 0 radical (unpaired) electrons. The average Bonchev–Trinajstić information content (AvgIpc) is 2.08. The number of benzene rings is 1. The third-order valence-electron chi connectivity index (χ3n) is 1.74. The summed E-state index contributed by atoms with van der Waals surface area (Å²) in [6.45, 7) is 1.37. The van der Waals surface area contributed by atoms with Gasteiger partial charge in [-0.05, 0) is 35.6 Å². The summed E-state index contributed by atoms with van der Waals surface area (Å²) in [6, 6.07) is 2.66. The van der Waals surface area contributed by atoms with Gasteiger partial charge in [-0.2, -0.15) is 0 Å². The zero-order valence-electron chi connectivity index (χ0n) is 7.28. The Hall–Kier alpha value is -1.18. The van der Waals surface area contributed by atoms with Gasteiger partial charge in [-0.15, -0.1) is 0 Å². The molecule has 0 saturated carbocycles. The van der Waals surface area contributed by atoms with Crippen LogP contribution in [-0.4, -0.2) is 10.7 Å². The number of Topliss-reactive ketones (excluding diaryl/α,β-unsaturated/α-hetero) is 1. The quantitative estimate of drug-likeness (QED) is 0.298. The molecule has 0 saturated heterocycles. The molecule has 0 heterocycles. The number of hydrogen-bond acceptors (Lipinski definition) is 4. The van der Waals surface area contributed by atoms with Crippen molar-refractivity contribution >= 4 is 39.7 Å². The molecular formula is C8H7IN2O3. The van der Waals surface area contributed by atoms with Crippen LogP contribution in [0, 0.1) is 13.7 Å². The Balaban J connectivity index is 3.41. The summed E-state index contributed by atoms with van der Waals surface area (Å²) in [5.74, 6) is -0.199. The van der Waals surface area contributed by atoms with E-state index in [1.807, 2.05) is 0 Å². The second-order valence-electron chi connectivity index (χ2n) is 2.67. The highest BCUT2D eigenvalue weighted by Crippen LogP contribution is 2.29. The number of nitrogens with two attached hydrogens (primary N) is 1. The van der Waals surface area contributed by atoms with Gasteiger partial charge in [0.1, 0.15) is 3.57 Å². The number of carbonyl (C=O) groups is 1. The Morgan fingerprint density at radius 2 is 2.14 bits per heavy atom. The van der Waals surface area contributed by atoms with Crippen molar-refractivity contribution in [3.63, 3.8) is 0 Å². The molecule has 0 fully saturated rings. The maximum Gasteiger partial charge on any atom is 0.284 e. The molecule has 0 aliphatic rings. The number of nitro benzene ring substituents is 1. The van der Waals surface area contributed by atoms with Crippen LogP contribution in [0.3, 0.4) is 0 Å².